The molecule has 0 saturated carbocycles. The Balaban J connectivity index is 1.03. The van der Waals surface area contributed by atoms with Gasteiger partial charge in [-0.25, -0.2) is 18.8 Å². The van der Waals surface area contributed by atoms with Crippen LogP contribution in [-0.4, -0.2) is 86.0 Å². The van der Waals surface area contributed by atoms with Crippen molar-refractivity contribution in [1.29, 1.82) is 0 Å². The van der Waals surface area contributed by atoms with Gasteiger partial charge in [-0.2, -0.15) is 0 Å². The number of pyridine rings is 1. The van der Waals surface area contributed by atoms with E-state index in [0.29, 0.717) is 55.6 Å². The molecule has 5 heterocycles. The molecule has 250 valence electrons. The normalized spacial score (nSPS) is 18.0. The molecule has 2 fully saturated rings. The second-order valence-electron chi connectivity index (χ2n) is 12.9. The maximum atomic E-state index is 14.2. The number of H-pyrrole nitrogens is 2. The molecule has 0 spiro atoms. The molecule has 1 unspecified atom stereocenters. The van der Waals surface area contributed by atoms with E-state index in [4.69, 9.17) is 4.74 Å². The minimum Gasteiger partial charge on any atom is -0.436 e. The van der Waals surface area contributed by atoms with E-state index in [1.54, 1.807) is 39.1 Å². The molecule has 13 heteroatoms. The van der Waals surface area contributed by atoms with Gasteiger partial charge in [-0.1, -0.05) is 24.3 Å². The van der Waals surface area contributed by atoms with Gasteiger partial charge in [0, 0.05) is 63.0 Å². The van der Waals surface area contributed by atoms with Gasteiger partial charge in [0.25, 0.3) is 5.91 Å². The number of carbonyl (C=O) groups is 3. The minimum absolute atomic E-state index is 0.137. The number of nitrogens with zero attached hydrogens (tertiary/aromatic N) is 4. The molecule has 3 N–H and O–H groups in total. The zero-order valence-corrected chi connectivity index (χ0v) is 26.7. The van der Waals surface area contributed by atoms with Crippen molar-refractivity contribution in [3.8, 4) is 0 Å². The van der Waals surface area contributed by atoms with Crippen LogP contribution in [0.3, 0.4) is 0 Å². The summed E-state index contributed by atoms with van der Waals surface area (Å²) >= 11 is 0. The van der Waals surface area contributed by atoms with E-state index in [1.807, 2.05) is 31.2 Å². The molecule has 2 aromatic heterocycles. The van der Waals surface area contributed by atoms with Gasteiger partial charge in [-0.15, -0.1) is 0 Å². The molecule has 12 nitrogen and oxygen atoms in total. The van der Waals surface area contributed by atoms with Crippen LogP contribution in [-0.2, 0) is 22.5 Å². The molecule has 1 atom stereocenters. The third-order valence-corrected chi connectivity index (χ3v) is 9.83. The predicted octanol–water partition coefficient (Wildman–Crippen LogP) is 4.66. The number of halogens is 1. The number of aryl methyl sites for hydroxylation is 1. The van der Waals surface area contributed by atoms with E-state index in [2.05, 4.69) is 20.3 Å². The fourth-order valence-electron chi connectivity index (χ4n) is 7.25. The number of nitrogens with one attached hydrogen (secondary N) is 3. The Morgan fingerprint density at radius 1 is 0.979 bits per heavy atom. The Bertz CT molecular complexity index is 1890. The van der Waals surface area contributed by atoms with Crippen molar-refractivity contribution in [1.82, 2.24) is 29.7 Å². The van der Waals surface area contributed by atoms with Crippen molar-refractivity contribution < 1.29 is 23.5 Å². The maximum Gasteiger partial charge on any atom is 0.410 e. The Hall–Kier alpha value is -5.20. The fourth-order valence-corrected chi connectivity index (χ4v) is 7.25. The lowest BCUT2D eigenvalue weighted by atomic mass is 9.92. The highest BCUT2D eigenvalue weighted by Crippen LogP contribution is 2.31. The number of ether oxygens (including phenoxy) is 1. The molecule has 0 aliphatic carbocycles. The molecule has 48 heavy (non-hydrogen) atoms. The van der Waals surface area contributed by atoms with E-state index < -0.39 is 18.0 Å². The summed E-state index contributed by atoms with van der Waals surface area (Å²) in [6.45, 7) is 3.90. The molecule has 3 aliphatic rings. The maximum absolute atomic E-state index is 14.2. The molecule has 0 radical (unpaired) electrons. The highest BCUT2D eigenvalue weighted by molar-refractivity contribution is 5.92. The first-order chi connectivity index (χ1) is 23.2. The topological polar surface area (TPSA) is 144 Å². The van der Waals surface area contributed by atoms with E-state index in [0.717, 1.165) is 29.7 Å². The quantitative estimate of drug-likeness (QED) is 0.276. The van der Waals surface area contributed by atoms with E-state index in [1.165, 1.54) is 6.07 Å². The number of piperidine rings is 2. The van der Waals surface area contributed by atoms with Gasteiger partial charge in [-0.05, 0) is 73.6 Å². The number of likely N-dealkylation sites (tertiary alicyclic amines) is 2. The number of amides is 4. The second-order valence-corrected chi connectivity index (χ2v) is 12.9. The van der Waals surface area contributed by atoms with Crippen LogP contribution in [0.15, 0.2) is 59.5 Å². The first-order valence-electron chi connectivity index (χ1n) is 16.5. The second kappa shape index (κ2) is 13.1. The molecule has 7 rings (SSSR count). The highest BCUT2D eigenvalue weighted by atomic mass is 19.1. The Morgan fingerprint density at radius 2 is 1.75 bits per heavy atom. The molecule has 3 aliphatic heterocycles. The van der Waals surface area contributed by atoms with E-state index >= 15 is 0 Å². The summed E-state index contributed by atoms with van der Waals surface area (Å²) in [5.41, 5.74) is 4.53. The number of hydrogen-bond donors (Lipinski definition) is 3. The van der Waals surface area contributed by atoms with Gasteiger partial charge in [0.05, 0.1) is 16.7 Å². The average Bonchev–Trinajstić information content (AvgIpc) is 3.49. The Morgan fingerprint density at radius 3 is 2.50 bits per heavy atom. The standard InChI is InChI=1S/C35H38FN7O5/c1-21-17-22(18-28-30(21)39-33(45)38-28)19-29(32(44)41-13-8-23(9-14-41)27-7-2-3-12-37-27)48-35(47)42-15-10-25(11-16-42)43-20-24-5-4-6-26(36)31(24)40-34(43)46/h2-7,12,17-18,23,25,29H,8-11,13-16,19-20H2,1H3,(H,40,46)(H2,38,39,45). The fraction of sp³-hybridized carbons (Fsp3) is 0.400. The summed E-state index contributed by atoms with van der Waals surface area (Å²) in [7, 11) is 0. The zero-order chi connectivity index (χ0) is 33.4. The van der Waals surface area contributed by atoms with Crippen LogP contribution in [0.25, 0.3) is 11.0 Å². The van der Waals surface area contributed by atoms with Crippen molar-refractivity contribution in [2.75, 3.05) is 31.5 Å². The summed E-state index contributed by atoms with van der Waals surface area (Å²) in [5, 5.41) is 2.67. The van der Waals surface area contributed by atoms with Crippen molar-refractivity contribution in [2.45, 2.75) is 63.6 Å². The SMILES string of the molecule is Cc1cc(CC(OC(=O)N2CCC(N3Cc4cccc(F)c4NC3=O)CC2)C(=O)N2CCC(c3ccccn3)CC2)cc2[nH]c(=O)[nH]c12. The van der Waals surface area contributed by atoms with Crippen LogP contribution in [0.4, 0.5) is 19.7 Å². The number of para-hydroxylation sites is 1. The number of anilines is 1. The van der Waals surface area contributed by atoms with Crippen LogP contribution < -0.4 is 11.0 Å². The number of rotatable bonds is 6. The molecule has 2 saturated heterocycles. The largest absolute Gasteiger partial charge is 0.436 e. The summed E-state index contributed by atoms with van der Waals surface area (Å²) in [6, 6.07) is 13.8. The lowest BCUT2D eigenvalue weighted by Gasteiger charge is -2.40. The monoisotopic (exact) mass is 655 g/mol. The molecule has 4 amide bonds. The molecule has 0 bridgehead atoms. The summed E-state index contributed by atoms with van der Waals surface area (Å²) in [6.07, 6.45) is 2.83. The summed E-state index contributed by atoms with van der Waals surface area (Å²) in [4.78, 5) is 67.5. The van der Waals surface area contributed by atoms with Crippen molar-refractivity contribution in [3.05, 3.63) is 93.4 Å². The number of urea groups is 1. The van der Waals surface area contributed by atoms with Gasteiger partial charge >= 0.3 is 17.8 Å². The van der Waals surface area contributed by atoms with Gasteiger partial charge < -0.3 is 34.7 Å². The first kappa shape index (κ1) is 31.4. The number of hydrogen-bond acceptors (Lipinski definition) is 6. The van der Waals surface area contributed by atoms with E-state index in [9.17, 15) is 23.6 Å². The molecule has 4 aromatic rings. The number of aromatic nitrogens is 3. The zero-order valence-electron chi connectivity index (χ0n) is 26.7. The van der Waals surface area contributed by atoms with Crippen molar-refractivity contribution in [3.63, 3.8) is 0 Å². The van der Waals surface area contributed by atoms with Gasteiger partial charge in [0.15, 0.2) is 6.10 Å². The number of aromatic amines is 2. The van der Waals surface area contributed by atoms with Crippen LogP contribution in [0.5, 0.6) is 0 Å². The van der Waals surface area contributed by atoms with Crippen LogP contribution >= 0.6 is 0 Å². The summed E-state index contributed by atoms with van der Waals surface area (Å²) < 4.78 is 20.2. The third kappa shape index (κ3) is 6.36. The predicted molar refractivity (Wildman–Crippen MR) is 176 cm³/mol. The van der Waals surface area contributed by atoms with Crippen molar-refractivity contribution in [2.24, 2.45) is 0 Å². The number of imidazole rings is 1. The van der Waals surface area contributed by atoms with Gasteiger partial charge in [-0.3, -0.25) is 9.78 Å². The molecule has 2 aromatic carbocycles. The lowest BCUT2D eigenvalue weighted by molar-refractivity contribution is -0.142. The Kier molecular flexibility index (Phi) is 8.59. The first-order valence-corrected chi connectivity index (χ1v) is 16.5. The summed E-state index contributed by atoms with van der Waals surface area (Å²) in [5.74, 6) is -0.465. The minimum atomic E-state index is -1.07. The van der Waals surface area contributed by atoms with Crippen molar-refractivity contribution >= 4 is 34.8 Å². The van der Waals surface area contributed by atoms with Gasteiger partial charge in [0.1, 0.15) is 5.82 Å². The smallest absolute Gasteiger partial charge is 0.410 e. The number of carbonyl (C=O) groups excluding carboxylic acids is 3. The lowest BCUT2D eigenvalue weighted by Crippen LogP contribution is -2.52. The van der Waals surface area contributed by atoms with Crippen LogP contribution in [0, 0.1) is 12.7 Å². The third-order valence-electron chi connectivity index (χ3n) is 9.83. The highest BCUT2D eigenvalue weighted by Gasteiger charge is 2.36. The van der Waals surface area contributed by atoms with Crippen LogP contribution in [0.2, 0.25) is 0 Å². The van der Waals surface area contributed by atoms with E-state index in [-0.39, 0.29) is 48.2 Å². The Labute approximate surface area is 276 Å². The molecular weight excluding hydrogens is 617 g/mol. The van der Waals surface area contributed by atoms with Gasteiger partial charge in [0.2, 0.25) is 0 Å². The number of fused-ring (bicyclic) bond motifs is 2. The van der Waals surface area contributed by atoms with Crippen LogP contribution in [0.1, 0.15) is 54.0 Å². The molecular formula is C35H38FN7O5. The number of benzene rings is 2. The average molecular weight is 656 g/mol.